The van der Waals surface area contributed by atoms with Crippen LogP contribution in [-0.2, 0) is 9.84 Å². The number of amides is 1. The Bertz CT molecular complexity index is 1680. The van der Waals surface area contributed by atoms with Crippen molar-refractivity contribution in [2.45, 2.75) is 74.0 Å². The minimum atomic E-state index is -4.44. The molecule has 1 unspecified atom stereocenters. The van der Waals surface area contributed by atoms with Crippen LogP contribution < -0.4 is 21.1 Å². The van der Waals surface area contributed by atoms with Gasteiger partial charge in [-0.3, -0.25) is 4.79 Å². The number of rotatable bonds is 13. The Balaban J connectivity index is 1.31. The van der Waals surface area contributed by atoms with Crippen molar-refractivity contribution in [2.75, 3.05) is 25.0 Å². The van der Waals surface area contributed by atoms with Crippen molar-refractivity contribution in [3.8, 4) is 11.7 Å². The summed E-state index contributed by atoms with van der Waals surface area (Å²) >= 11 is 6.26. The highest BCUT2D eigenvalue weighted by molar-refractivity contribution is 7.91. The van der Waals surface area contributed by atoms with Crippen LogP contribution in [0.4, 0.5) is 19.0 Å². The second kappa shape index (κ2) is 12.4. The first-order valence-electron chi connectivity index (χ1n) is 14.6. The second-order valence-electron chi connectivity index (χ2n) is 12.3. The molecule has 2 fully saturated rings. The van der Waals surface area contributed by atoms with Gasteiger partial charge in [0.15, 0.2) is 10.8 Å². The second-order valence-corrected chi connectivity index (χ2v) is 14.5. The number of nitrogens with two attached hydrogens (primary N) is 1. The van der Waals surface area contributed by atoms with Gasteiger partial charge in [0.1, 0.15) is 11.0 Å². The molecule has 11 nitrogen and oxygen atoms in total. The van der Waals surface area contributed by atoms with E-state index < -0.39 is 42.9 Å². The molecule has 1 atom stereocenters. The number of carbonyl (C=O) groups is 1. The van der Waals surface area contributed by atoms with Crippen LogP contribution in [0.2, 0.25) is 5.15 Å². The SMILES string of the molecule is CC1(C)CC(CCCNc2cccc(S(=O)(=O)c3cc(-n4ccc(OCCC5(C(F)(F)F)CC5)n4)nc(Cl)c3C(N)=O)n2)CN1. The molecule has 1 saturated heterocycles. The topological polar surface area (TPSA) is 154 Å². The average Bonchev–Trinajstić information content (AvgIpc) is 3.48. The highest BCUT2D eigenvalue weighted by atomic mass is 35.5. The van der Waals surface area contributed by atoms with Gasteiger partial charge in [0, 0.05) is 30.4 Å². The fraction of sp³-hybridized carbons (Fsp3) is 0.517. The fourth-order valence-electron chi connectivity index (χ4n) is 5.59. The molecule has 244 valence electrons. The summed E-state index contributed by atoms with van der Waals surface area (Å²) in [6, 6.07) is 6.93. The average molecular weight is 670 g/mol. The van der Waals surface area contributed by atoms with Crippen LogP contribution in [0.25, 0.3) is 5.82 Å². The maximum Gasteiger partial charge on any atom is 0.394 e. The van der Waals surface area contributed by atoms with E-state index in [4.69, 9.17) is 22.1 Å². The van der Waals surface area contributed by atoms with Crippen LogP contribution in [0.5, 0.6) is 5.88 Å². The van der Waals surface area contributed by atoms with Gasteiger partial charge in [-0.05, 0) is 77.0 Å². The van der Waals surface area contributed by atoms with E-state index in [2.05, 4.69) is 39.5 Å². The first-order valence-corrected chi connectivity index (χ1v) is 16.4. The maximum atomic E-state index is 13.8. The first-order chi connectivity index (χ1) is 21.1. The zero-order valence-electron chi connectivity index (χ0n) is 24.8. The summed E-state index contributed by atoms with van der Waals surface area (Å²) in [6.07, 6.45) is -0.0412. The normalized spacial score (nSPS) is 18.9. The van der Waals surface area contributed by atoms with E-state index in [0.717, 1.165) is 36.6 Å². The zero-order valence-corrected chi connectivity index (χ0v) is 26.4. The molecule has 0 radical (unpaired) electrons. The van der Waals surface area contributed by atoms with E-state index in [1.54, 1.807) is 6.07 Å². The maximum absolute atomic E-state index is 13.8. The third kappa shape index (κ3) is 7.36. The van der Waals surface area contributed by atoms with Crippen molar-refractivity contribution < 1.29 is 31.1 Å². The Hall–Kier alpha value is -3.43. The number of nitrogens with zero attached hydrogens (tertiary/aromatic N) is 4. The molecule has 1 saturated carbocycles. The summed E-state index contributed by atoms with van der Waals surface area (Å²) in [5.41, 5.74) is 3.40. The minimum absolute atomic E-state index is 0.00244. The summed E-state index contributed by atoms with van der Waals surface area (Å²) in [5.74, 6) is -0.288. The van der Waals surface area contributed by atoms with Crippen LogP contribution in [0.3, 0.4) is 0 Å². The Labute approximate surface area is 264 Å². The Morgan fingerprint density at radius 1 is 1.24 bits per heavy atom. The molecule has 1 aliphatic carbocycles. The van der Waals surface area contributed by atoms with Crippen molar-refractivity contribution in [1.29, 1.82) is 0 Å². The monoisotopic (exact) mass is 669 g/mol. The molecule has 0 spiro atoms. The lowest BCUT2D eigenvalue weighted by atomic mass is 9.94. The number of carbonyl (C=O) groups excluding carboxylic acids is 1. The van der Waals surface area contributed by atoms with Crippen LogP contribution >= 0.6 is 11.6 Å². The molecular weight excluding hydrogens is 635 g/mol. The van der Waals surface area contributed by atoms with Crippen LogP contribution in [0.1, 0.15) is 62.7 Å². The molecule has 4 heterocycles. The van der Waals surface area contributed by atoms with Gasteiger partial charge in [-0.1, -0.05) is 17.7 Å². The molecule has 45 heavy (non-hydrogen) atoms. The van der Waals surface area contributed by atoms with Crippen LogP contribution in [0, 0.1) is 11.3 Å². The van der Waals surface area contributed by atoms with E-state index in [9.17, 15) is 26.4 Å². The predicted molar refractivity (Wildman–Crippen MR) is 160 cm³/mol. The Morgan fingerprint density at radius 2 is 2.00 bits per heavy atom. The number of halogens is 4. The van der Waals surface area contributed by atoms with Gasteiger partial charge >= 0.3 is 6.18 Å². The van der Waals surface area contributed by atoms with Gasteiger partial charge in [-0.2, -0.15) is 13.2 Å². The van der Waals surface area contributed by atoms with Gasteiger partial charge in [0.05, 0.1) is 22.5 Å². The lowest BCUT2D eigenvalue weighted by Crippen LogP contribution is -2.31. The van der Waals surface area contributed by atoms with Gasteiger partial charge in [-0.25, -0.2) is 23.1 Å². The largest absolute Gasteiger partial charge is 0.477 e. The summed E-state index contributed by atoms with van der Waals surface area (Å²) in [5, 5.41) is 9.99. The van der Waals surface area contributed by atoms with E-state index in [1.165, 1.54) is 24.4 Å². The minimum Gasteiger partial charge on any atom is -0.477 e. The molecule has 3 aromatic heterocycles. The summed E-state index contributed by atoms with van der Waals surface area (Å²) in [4.78, 5) is 20.1. The molecule has 2 aliphatic rings. The van der Waals surface area contributed by atoms with E-state index >= 15 is 0 Å². The molecule has 0 aromatic carbocycles. The molecule has 1 amide bonds. The van der Waals surface area contributed by atoms with Crippen LogP contribution in [-0.4, -0.2) is 65.5 Å². The predicted octanol–water partition coefficient (Wildman–Crippen LogP) is 4.94. The van der Waals surface area contributed by atoms with Crippen LogP contribution in [0.15, 0.2) is 46.5 Å². The van der Waals surface area contributed by atoms with E-state index in [0.29, 0.717) is 18.3 Å². The fourth-order valence-corrected chi connectivity index (χ4v) is 7.36. The first kappa shape index (κ1) is 32.9. The van der Waals surface area contributed by atoms with Crippen molar-refractivity contribution in [2.24, 2.45) is 17.1 Å². The van der Waals surface area contributed by atoms with Gasteiger partial charge < -0.3 is 21.1 Å². The van der Waals surface area contributed by atoms with Crippen molar-refractivity contribution in [3.63, 3.8) is 0 Å². The smallest absolute Gasteiger partial charge is 0.394 e. The Morgan fingerprint density at radius 3 is 2.64 bits per heavy atom. The third-order valence-electron chi connectivity index (χ3n) is 8.31. The third-order valence-corrected chi connectivity index (χ3v) is 10.3. The number of ether oxygens (including phenoxy) is 1. The lowest BCUT2D eigenvalue weighted by Gasteiger charge is -2.18. The number of aromatic nitrogens is 4. The highest BCUT2D eigenvalue weighted by Gasteiger charge is 2.62. The van der Waals surface area contributed by atoms with Crippen molar-refractivity contribution >= 4 is 33.2 Å². The number of hydrogen-bond acceptors (Lipinski definition) is 9. The van der Waals surface area contributed by atoms with Gasteiger partial charge in [0.25, 0.3) is 5.91 Å². The lowest BCUT2D eigenvalue weighted by molar-refractivity contribution is -0.190. The van der Waals surface area contributed by atoms with E-state index in [-0.39, 0.29) is 48.1 Å². The summed E-state index contributed by atoms with van der Waals surface area (Å²) in [6.45, 7) is 5.70. The van der Waals surface area contributed by atoms with Crippen molar-refractivity contribution in [1.82, 2.24) is 25.1 Å². The quantitative estimate of drug-likeness (QED) is 0.170. The molecular formula is C29H35ClF3N7O4S. The Kier molecular flexibility index (Phi) is 9.08. The number of alkyl halides is 3. The van der Waals surface area contributed by atoms with Gasteiger partial charge in [-0.15, -0.1) is 5.10 Å². The zero-order chi connectivity index (χ0) is 32.6. The molecule has 16 heteroatoms. The molecule has 4 N–H and O–H groups in total. The highest BCUT2D eigenvalue weighted by Crippen LogP contribution is 2.59. The number of sulfone groups is 1. The number of anilines is 1. The summed E-state index contributed by atoms with van der Waals surface area (Å²) < 4.78 is 73.8. The summed E-state index contributed by atoms with van der Waals surface area (Å²) in [7, 11) is -4.44. The van der Waals surface area contributed by atoms with Gasteiger partial charge in [0.2, 0.25) is 15.7 Å². The number of hydrogen-bond donors (Lipinski definition) is 3. The van der Waals surface area contributed by atoms with E-state index in [1.807, 2.05) is 0 Å². The molecule has 1 aliphatic heterocycles. The molecule has 5 rings (SSSR count). The number of pyridine rings is 2. The number of nitrogens with one attached hydrogen (secondary N) is 2. The number of primary amides is 1. The standard InChI is InChI=1S/C29H35ClF3N7O4S/c1-27(2)16-18(17-36-27)5-4-12-35-20-6-3-7-23(37-20)45(42,43)19-15-21(38-25(30)24(19)26(34)41)40-13-8-22(39-40)44-14-11-28(9-10-28)29(31,32)33/h3,6-8,13,15,18,36H,4-5,9-12,14,16-17H2,1-2H3,(H2,34,41)(H,35,37). The molecule has 3 aromatic rings. The molecule has 0 bridgehead atoms. The van der Waals surface area contributed by atoms with Crippen molar-refractivity contribution in [3.05, 3.63) is 47.2 Å².